The maximum absolute atomic E-state index is 11.9. The van der Waals surface area contributed by atoms with Gasteiger partial charge in [-0.3, -0.25) is 9.59 Å². The van der Waals surface area contributed by atoms with Crippen LogP contribution in [-0.2, 0) is 4.79 Å². The molecule has 0 bridgehead atoms. The van der Waals surface area contributed by atoms with Crippen LogP contribution < -0.4 is 10.1 Å². The van der Waals surface area contributed by atoms with Gasteiger partial charge in [0.15, 0.2) is 0 Å². The van der Waals surface area contributed by atoms with Crippen molar-refractivity contribution in [1.29, 1.82) is 0 Å². The van der Waals surface area contributed by atoms with Crippen molar-refractivity contribution in [3.8, 4) is 5.88 Å². The van der Waals surface area contributed by atoms with E-state index in [0.29, 0.717) is 12.0 Å². The molecule has 0 saturated carbocycles. The zero-order chi connectivity index (χ0) is 14.5. The number of hydrogen-bond acceptors (Lipinski definition) is 4. The van der Waals surface area contributed by atoms with Gasteiger partial charge in [0.25, 0.3) is 5.91 Å². The number of aliphatic carboxylic acids is 1. The Morgan fingerprint density at radius 3 is 2.74 bits per heavy atom. The fourth-order valence-electron chi connectivity index (χ4n) is 1.42. The molecule has 0 atom stereocenters. The average molecular weight is 266 g/mol. The van der Waals surface area contributed by atoms with Gasteiger partial charge in [0.1, 0.15) is 5.56 Å². The van der Waals surface area contributed by atoms with Crippen molar-refractivity contribution < 1.29 is 19.4 Å². The monoisotopic (exact) mass is 266 g/mol. The van der Waals surface area contributed by atoms with Crippen molar-refractivity contribution in [1.82, 2.24) is 10.3 Å². The van der Waals surface area contributed by atoms with E-state index in [1.165, 1.54) is 13.3 Å². The quantitative estimate of drug-likeness (QED) is 0.810. The lowest BCUT2D eigenvalue weighted by Crippen LogP contribution is -2.32. The van der Waals surface area contributed by atoms with Crippen LogP contribution in [0.25, 0.3) is 0 Å². The van der Waals surface area contributed by atoms with Crippen LogP contribution in [0, 0.1) is 5.41 Å². The van der Waals surface area contributed by atoms with E-state index >= 15 is 0 Å². The van der Waals surface area contributed by atoms with Crippen LogP contribution in [-0.4, -0.2) is 35.6 Å². The summed E-state index contributed by atoms with van der Waals surface area (Å²) in [5.74, 6) is -0.968. The minimum Gasteiger partial charge on any atom is -0.481 e. The molecule has 6 nitrogen and oxygen atoms in total. The van der Waals surface area contributed by atoms with Crippen molar-refractivity contribution in [3.05, 3.63) is 23.9 Å². The second-order valence-corrected chi connectivity index (χ2v) is 4.76. The first-order valence-corrected chi connectivity index (χ1v) is 5.89. The molecule has 0 aliphatic heterocycles. The van der Waals surface area contributed by atoms with Crippen LogP contribution in [0.5, 0.6) is 5.88 Å². The number of carboxylic acid groups (broad SMARTS) is 1. The lowest BCUT2D eigenvalue weighted by Gasteiger charge is -2.19. The SMILES string of the molecule is COc1ncccc1C(=O)NCCC(C)(C)C(=O)O. The summed E-state index contributed by atoms with van der Waals surface area (Å²) in [5, 5.41) is 11.6. The van der Waals surface area contributed by atoms with E-state index < -0.39 is 11.4 Å². The molecule has 19 heavy (non-hydrogen) atoms. The van der Waals surface area contributed by atoms with Crippen molar-refractivity contribution in [2.24, 2.45) is 5.41 Å². The predicted octanol–water partition coefficient (Wildman–Crippen LogP) is 1.32. The number of aromatic nitrogens is 1. The lowest BCUT2D eigenvalue weighted by atomic mass is 9.90. The Morgan fingerprint density at radius 2 is 2.16 bits per heavy atom. The summed E-state index contributed by atoms with van der Waals surface area (Å²) in [5.41, 5.74) is -0.537. The third-order valence-corrected chi connectivity index (χ3v) is 2.82. The molecule has 6 heteroatoms. The summed E-state index contributed by atoms with van der Waals surface area (Å²) in [6, 6.07) is 3.24. The van der Waals surface area contributed by atoms with Gasteiger partial charge in [0.05, 0.1) is 12.5 Å². The van der Waals surface area contributed by atoms with Gasteiger partial charge in [-0.25, -0.2) is 4.98 Å². The van der Waals surface area contributed by atoms with Crippen molar-refractivity contribution in [3.63, 3.8) is 0 Å². The summed E-state index contributed by atoms with van der Waals surface area (Å²) in [6.07, 6.45) is 1.87. The van der Waals surface area contributed by atoms with Gasteiger partial charge in [-0.05, 0) is 32.4 Å². The van der Waals surface area contributed by atoms with Gasteiger partial charge in [-0.15, -0.1) is 0 Å². The number of carbonyl (C=O) groups excluding carboxylic acids is 1. The molecule has 1 aromatic rings. The number of carbonyl (C=O) groups is 2. The number of nitrogens with zero attached hydrogens (tertiary/aromatic N) is 1. The smallest absolute Gasteiger partial charge is 0.309 e. The molecular formula is C13H18N2O4. The molecule has 0 aliphatic rings. The summed E-state index contributed by atoms with van der Waals surface area (Å²) in [4.78, 5) is 26.8. The highest BCUT2D eigenvalue weighted by atomic mass is 16.5. The molecule has 104 valence electrons. The van der Waals surface area contributed by atoms with E-state index in [2.05, 4.69) is 10.3 Å². The molecule has 0 spiro atoms. The van der Waals surface area contributed by atoms with E-state index in [1.807, 2.05) is 0 Å². The highest BCUT2D eigenvalue weighted by molar-refractivity contribution is 5.96. The molecule has 1 rings (SSSR count). The van der Waals surface area contributed by atoms with Gasteiger partial charge in [-0.2, -0.15) is 0 Å². The minimum absolute atomic E-state index is 0.248. The number of hydrogen-bond donors (Lipinski definition) is 2. The number of ether oxygens (including phenoxy) is 1. The molecule has 0 unspecified atom stereocenters. The van der Waals surface area contributed by atoms with Gasteiger partial charge in [-0.1, -0.05) is 0 Å². The second kappa shape index (κ2) is 6.17. The number of carboxylic acids is 1. The number of nitrogens with one attached hydrogen (secondary N) is 1. The maximum atomic E-state index is 11.9. The van der Waals surface area contributed by atoms with Gasteiger partial charge < -0.3 is 15.2 Å². The summed E-state index contributed by atoms with van der Waals surface area (Å²) in [6.45, 7) is 3.51. The summed E-state index contributed by atoms with van der Waals surface area (Å²) < 4.78 is 4.99. The van der Waals surface area contributed by atoms with Crippen molar-refractivity contribution in [2.45, 2.75) is 20.3 Å². The zero-order valence-corrected chi connectivity index (χ0v) is 11.3. The minimum atomic E-state index is -0.888. The molecule has 0 saturated heterocycles. The van der Waals surface area contributed by atoms with E-state index in [1.54, 1.807) is 26.0 Å². The predicted molar refractivity (Wildman–Crippen MR) is 69.2 cm³/mol. The molecule has 1 aromatic heterocycles. The first-order valence-electron chi connectivity index (χ1n) is 5.89. The van der Waals surface area contributed by atoms with Crippen LogP contribution in [0.1, 0.15) is 30.6 Å². The zero-order valence-electron chi connectivity index (χ0n) is 11.3. The van der Waals surface area contributed by atoms with Crippen LogP contribution in [0.15, 0.2) is 18.3 Å². The Balaban J connectivity index is 2.59. The first-order chi connectivity index (χ1) is 8.88. The van der Waals surface area contributed by atoms with Crippen molar-refractivity contribution in [2.75, 3.05) is 13.7 Å². The summed E-state index contributed by atoms with van der Waals surface area (Å²) in [7, 11) is 1.44. The Hall–Kier alpha value is -2.11. The Kier molecular flexibility index (Phi) is 4.86. The van der Waals surface area contributed by atoms with Crippen LogP contribution in [0.2, 0.25) is 0 Å². The molecule has 1 amide bonds. The third kappa shape index (κ3) is 3.94. The Bertz CT molecular complexity index is 471. The van der Waals surface area contributed by atoms with Gasteiger partial charge in [0.2, 0.25) is 5.88 Å². The summed E-state index contributed by atoms with van der Waals surface area (Å²) >= 11 is 0. The molecule has 2 N–H and O–H groups in total. The molecule has 1 heterocycles. The van der Waals surface area contributed by atoms with Crippen LogP contribution >= 0.6 is 0 Å². The van der Waals surface area contributed by atoms with Crippen LogP contribution in [0.3, 0.4) is 0 Å². The number of amides is 1. The average Bonchev–Trinajstić information content (AvgIpc) is 2.38. The van der Waals surface area contributed by atoms with E-state index in [-0.39, 0.29) is 18.3 Å². The largest absolute Gasteiger partial charge is 0.481 e. The lowest BCUT2D eigenvalue weighted by molar-refractivity contribution is -0.147. The molecule has 0 aliphatic carbocycles. The fraction of sp³-hybridized carbons (Fsp3) is 0.462. The van der Waals surface area contributed by atoms with E-state index in [4.69, 9.17) is 9.84 Å². The Labute approximate surface area is 111 Å². The maximum Gasteiger partial charge on any atom is 0.309 e. The molecule has 0 radical (unpaired) electrons. The molecular weight excluding hydrogens is 248 g/mol. The van der Waals surface area contributed by atoms with Gasteiger partial charge in [0, 0.05) is 12.7 Å². The molecule has 0 aromatic carbocycles. The highest BCUT2D eigenvalue weighted by Crippen LogP contribution is 2.19. The van der Waals surface area contributed by atoms with E-state index in [0.717, 1.165) is 0 Å². The number of rotatable bonds is 6. The van der Waals surface area contributed by atoms with Gasteiger partial charge >= 0.3 is 5.97 Å². The number of pyridine rings is 1. The normalized spacial score (nSPS) is 10.9. The standard InChI is InChI=1S/C13H18N2O4/c1-13(2,12(17)18)6-8-14-10(16)9-5-4-7-15-11(9)19-3/h4-5,7H,6,8H2,1-3H3,(H,14,16)(H,17,18). The first kappa shape index (κ1) is 14.9. The number of methoxy groups -OCH3 is 1. The van der Waals surface area contributed by atoms with Crippen molar-refractivity contribution >= 4 is 11.9 Å². The highest BCUT2D eigenvalue weighted by Gasteiger charge is 2.26. The fourth-order valence-corrected chi connectivity index (χ4v) is 1.42. The third-order valence-electron chi connectivity index (χ3n) is 2.82. The molecule has 0 fully saturated rings. The van der Waals surface area contributed by atoms with Crippen LogP contribution in [0.4, 0.5) is 0 Å². The second-order valence-electron chi connectivity index (χ2n) is 4.76. The topological polar surface area (TPSA) is 88.5 Å². The van der Waals surface area contributed by atoms with E-state index in [9.17, 15) is 9.59 Å². The Morgan fingerprint density at radius 1 is 1.47 bits per heavy atom.